The van der Waals surface area contributed by atoms with Gasteiger partial charge in [0, 0.05) is 42.6 Å². The van der Waals surface area contributed by atoms with Gasteiger partial charge in [0.25, 0.3) is 5.91 Å². The summed E-state index contributed by atoms with van der Waals surface area (Å²) in [5.74, 6) is 0.943. The van der Waals surface area contributed by atoms with Crippen molar-refractivity contribution in [2.45, 2.75) is 44.9 Å². The first-order chi connectivity index (χ1) is 10.0. The third-order valence-corrected chi connectivity index (χ3v) is 4.57. The van der Waals surface area contributed by atoms with E-state index >= 15 is 0 Å². The standard InChI is InChI=1S/C16H21BrN2O2/c1-10-7-12(17)8-11(9-18-13-3-4-13)15(10)21-14-5-6-19(2)16(14)20/h7-8,13-14,18H,3-6,9H2,1-2H3. The Morgan fingerprint density at radius 3 is 2.76 bits per heavy atom. The zero-order valence-electron chi connectivity index (χ0n) is 12.5. The highest BCUT2D eigenvalue weighted by Crippen LogP contribution is 2.31. The van der Waals surface area contributed by atoms with Crippen LogP contribution in [0.2, 0.25) is 0 Å². The number of amides is 1. The topological polar surface area (TPSA) is 41.6 Å². The summed E-state index contributed by atoms with van der Waals surface area (Å²) in [5, 5.41) is 3.52. The van der Waals surface area contributed by atoms with Crippen LogP contribution in [-0.4, -0.2) is 36.5 Å². The SMILES string of the molecule is Cc1cc(Br)cc(CNC2CC2)c1OC1CCN(C)C1=O. The fourth-order valence-electron chi connectivity index (χ4n) is 2.68. The predicted octanol–water partition coefficient (Wildman–Crippen LogP) is 2.62. The largest absolute Gasteiger partial charge is 0.480 e. The molecular formula is C16H21BrN2O2. The molecule has 1 atom stereocenters. The fourth-order valence-corrected chi connectivity index (χ4v) is 3.30. The average molecular weight is 353 g/mol. The molecule has 1 aliphatic heterocycles. The zero-order valence-corrected chi connectivity index (χ0v) is 14.1. The molecule has 2 aliphatic rings. The number of aryl methyl sites for hydroxylation is 1. The Balaban J connectivity index is 1.79. The molecule has 1 aromatic carbocycles. The first-order valence-corrected chi connectivity index (χ1v) is 8.28. The molecule has 1 saturated heterocycles. The van der Waals surface area contributed by atoms with Crippen molar-refractivity contribution >= 4 is 21.8 Å². The van der Waals surface area contributed by atoms with E-state index in [9.17, 15) is 4.79 Å². The summed E-state index contributed by atoms with van der Waals surface area (Å²) in [6.07, 6.45) is 2.94. The van der Waals surface area contributed by atoms with Gasteiger partial charge in [-0.1, -0.05) is 15.9 Å². The number of halogens is 1. The Bertz CT molecular complexity index is 557. The van der Waals surface area contributed by atoms with E-state index in [0.717, 1.165) is 40.9 Å². The molecule has 114 valence electrons. The van der Waals surface area contributed by atoms with E-state index in [1.165, 1.54) is 12.8 Å². The molecule has 1 amide bonds. The van der Waals surface area contributed by atoms with Crippen molar-refractivity contribution < 1.29 is 9.53 Å². The van der Waals surface area contributed by atoms with Crippen LogP contribution in [0.3, 0.4) is 0 Å². The number of rotatable bonds is 5. The summed E-state index contributed by atoms with van der Waals surface area (Å²) in [7, 11) is 1.83. The molecule has 0 spiro atoms. The number of benzene rings is 1. The number of nitrogens with one attached hydrogen (secondary N) is 1. The fraction of sp³-hybridized carbons (Fsp3) is 0.562. The minimum absolute atomic E-state index is 0.0819. The Hall–Kier alpha value is -1.07. The van der Waals surface area contributed by atoms with E-state index in [2.05, 4.69) is 27.3 Å². The van der Waals surface area contributed by atoms with Crippen molar-refractivity contribution in [3.63, 3.8) is 0 Å². The summed E-state index contributed by atoms with van der Waals surface area (Å²) in [4.78, 5) is 13.8. The van der Waals surface area contributed by atoms with E-state index in [4.69, 9.17) is 4.74 Å². The van der Waals surface area contributed by atoms with Crippen molar-refractivity contribution in [3.8, 4) is 5.75 Å². The molecule has 5 heteroatoms. The lowest BCUT2D eigenvalue weighted by molar-refractivity contribution is -0.132. The quantitative estimate of drug-likeness (QED) is 0.885. The van der Waals surface area contributed by atoms with Gasteiger partial charge in [0.05, 0.1) is 0 Å². The smallest absolute Gasteiger partial charge is 0.263 e. The number of carbonyl (C=O) groups is 1. The van der Waals surface area contributed by atoms with Crippen molar-refractivity contribution in [3.05, 3.63) is 27.7 Å². The Kier molecular flexibility index (Phi) is 4.22. The number of likely N-dealkylation sites (N-methyl/N-ethyl adjacent to an activating group) is 1. The van der Waals surface area contributed by atoms with Gasteiger partial charge in [0.1, 0.15) is 5.75 Å². The normalized spacial score (nSPS) is 22.0. The van der Waals surface area contributed by atoms with E-state index in [1.807, 2.05) is 20.0 Å². The maximum absolute atomic E-state index is 12.1. The number of hydrogen-bond acceptors (Lipinski definition) is 3. The van der Waals surface area contributed by atoms with Crippen LogP contribution in [0.5, 0.6) is 5.75 Å². The van der Waals surface area contributed by atoms with Crippen molar-refractivity contribution in [2.24, 2.45) is 0 Å². The molecule has 1 aliphatic carbocycles. The maximum Gasteiger partial charge on any atom is 0.263 e. The first-order valence-electron chi connectivity index (χ1n) is 7.48. The molecule has 1 aromatic rings. The monoisotopic (exact) mass is 352 g/mol. The van der Waals surface area contributed by atoms with Crippen LogP contribution in [0.15, 0.2) is 16.6 Å². The van der Waals surface area contributed by atoms with E-state index < -0.39 is 0 Å². The summed E-state index contributed by atoms with van der Waals surface area (Å²) < 4.78 is 7.13. The third kappa shape index (κ3) is 3.40. The minimum Gasteiger partial charge on any atom is -0.480 e. The number of likely N-dealkylation sites (tertiary alicyclic amines) is 1. The molecule has 1 unspecified atom stereocenters. The summed E-state index contributed by atoms with van der Waals surface area (Å²) in [5.41, 5.74) is 2.19. The van der Waals surface area contributed by atoms with Gasteiger partial charge in [-0.05, 0) is 37.5 Å². The molecule has 3 rings (SSSR count). The molecular weight excluding hydrogens is 332 g/mol. The number of carbonyl (C=O) groups excluding carboxylic acids is 1. The van der Waals surface area contributed by atoms with Crippen molar-refractivity contribution in [1.82, 2.24) is 10.2 Å². The van der Waals surface area contributed by atoms with Crippen LogP contribution in [0.1, 0.15) is 30.4 Å². The van der Waals surface area contributed by atoms with Crippen LogP contribution in [-0.2, 0) is 11.3 Å². The second kappa shape index (κ2) is 5.97. The van der Waals surface area contributed by atoms with Gasteiger partial charge in [-0.25, -0.2) is 0 Å². The maximum atomic E-state index is 12.1. The molecule has 0 radical (unpaired) electrons. The lowest BCUT2D eigenvalue weighted by Crippen LogP contribution is -2.30. The van der Waals surface area contributed by atoms with Crippen LogP contribution in [0.25, 0.3) is 0 Å². The minimum atomic E-state index is -0.338. The highest BCUT2D eigenvalue weighted by Gasteiger charge is 2.32. The van der Waals surface area contributed by atoms with Gasteiger partial charge in [-0.15, -0.1) is 0 Å². The van der Waals surface area contributed by atoms with Gasteiger partial charge in [0.15, 0.2) is 6.10 Å². The lowest BCUT2D eigenvalue weighted by atomic mass is 10.1. The second-order valence-corrected chi connectivity index (χ2v) is 6.94. The van der Waals surface area contributed by atoms with Gasteiger partial charge >= 0.3 is 0 Å². The van der Waals surface area contributed by atoms with Gasteiger partial charge in [-0.2, -0.15) is 0 Å². The van der Waals surface area contributed by atoms with Crippen LogP contribution >= 0.6 is 15.9 Å². The highest BCUT2D eigenvalue weighted by molar-refractivity contribution is 9.10. The summed E-state index contributed by atoms with van der Waals surface area (Å²) >= 11 is 3.55. The second-order valence-electron chi connectivity index (χ2n) is 6.02. The molecule has 1 saturated carbocycles. The Labute approximate surface area is 134 Å². The van der Waals surface area contributed by atoms with Crippen molar-refractivity contribution in [1.29, 1.82) is 0 Å². The summed E-state index contributed by atoms with van der Waals surface area (Å²) in [6, 6.07) is 4.77. The van der Waals surface area contributed by atoms with Gasteiger partial charge in [-0.3, -0.25) is 4.79 Å². The number of hydrogen-bond donors (Lipinski definition) is 1. The Morgan fingerprint density at radius 2 is 2.14 bits per heavy atom. The molecule has 0 aromatic heterocycles. The van der Waals surface area contributed by atoms with Crippen molar-refractivity contribution in [2.75, 3.05) is 13.6 Å². The zero-order chi connectivity index (χ0) is 15.0. The van der Waals surface area contributed by atoms with E-state index in [-0.39, 0.29) is 12.0 Å². The average Bonchev–Trinajstić information content (AvgIpc) is 3.21. The molecule has 21 heavy (non-hydrogen) atoms. The predicted molar refractivity (Wildman–Crippen MR) is 85.4 cm³/mol. The summed E-state index contributed by atoms with van der Waals surface area (Å²) in [6.45, 7) is 3.59. The van der Waals surface area contributed by atoms with E-state index in [0.29, 0.717) is 6.04 Å². The Morgan fingerprint density at radius 1 is 1.38 bits per heavy atom. The van der Waals surface area contributed by atoms with Gasteiger partial charge in [0.2, 0.25) is 0 Å². The molecule has 0 bridgehead atoms. The van der Waals surface area contributed by atoms with Crippen LogP contribution in [0.4, 0.5) is 0 Å². The first kappa shape index (κ1) is 14.9. The molecule has 2 fully saturated rings. The van der Waals surface area contributed by atoms with E-state index in [1.54, 1.807) is 4.90 Å². The highest BCUT2D eigenvalue weighted by atomic mass is 79.9. The molecule has 1 heterocycles. The van der Waals surface area contributed by atoms with Gasteiger partial charge < -0.3 is 15.0 Å². The lowest BCUT2D eigenvalue weighted by Gasteiger charge is -2.19. The van der Waals surface area contributed by atoms with Crippen LogP contribution in [0, 0.1) is 6.92 Å². The molecule has 4 nitrogen and oxygen atoms in total. The van der Waals surface area contributed by atoms with Crippen LogP contribution < -0.4 is 10.1 Å². The number of ether oxygens (including phenoxy) is 1. The molecule has 1 N–H and O–H groups in total. The third-order valence-electron chi connectivity index (χ3n) is 4.11. The number of nitrogens with zero attached hydrogens (tertiary/aromatic N) is 1.